The fourth-order valence-electron chi connectivity index (χ4n) is 5.29. The summed E-state index contributed by atoms with van der Waals surface area (Å²) in [5.41, 5.74) is 2.19. The highest BCUT2D eigenvalue weighted by Gasteiger charge is 2.63. The van der Waals surface area contributed by atoms with Crippen LogP contribution in [0.2, 0.25) is 0 Å². The first-order valence-electron chi connectivity index (χ1n) is 9.93. The van der Waals surface area contributed by atoms with E-state index in [0.717, 1.165) is 24.9 Å². The molecule has 0 saturated carbocycles. The molecule has 0 aliphatic carbocycles. The van der Waals surface area contributed by atoms with Crippen molar-refractivity contribution in [2.75, 3.05) is 24.5 Å². The first-order valence-corrected chi connectivity index (χ1v) is 9.93. The van der Waals surface area contributed by atoms with Gasteiger partial charge in [-0.25, -0.2) is 4.39 Å². The first-order chi connectivity index (χ1) is 13.6. The maximum absolute atomic E-state index is 14.2. The second-order valence-corrected chi connectivity index (χ2v) is 8.31. The molecule has 3 fully saturated rings. The van der Waals surface area contributed by atoms with Gasteiger partial charge in [0, 0.05) is 43.2 Å². The van der Waals surface area contributed by atoms with Crippen LogP contribution < -0.4 is 10.2 Å². The molecule has 3 saturated heterocycles. The monoisotopic (exact) mass is 381 g/mol. The van der Waals surface area contributed by atoms with Gasteiger partial charge in [0.1, 0.15) is 0 Å². The zero-order valence-corrected chi connectivity index (χ0v) is 15.9. The van der Waals surface area contributed by atoms with Crippen molar-refractivity contribution in [3.8, 4) is 0 Å². The number of carbonyl (C=O) groups excluding carboxylic acids is 1. The molecule has 1 aromatic carbocycles. The van der Waals surface area contributed by atoms with Gasteiger partial charge in [0.05, 0.1) is 23.6 Å². The molecule has 0 radical (unpaired) electrons. The van der Waals surface area contributed by atoms with Crippen LogP contribution >= 0.6 is 0 Å². The second kappa shape index (κ2) is 6.55. The maximum atomic E-state index is 14.2. The number of hydrogen-bond donors (Lipinski definition) is 1. The van der Waals surface area contributed by atoms with Crippen molar-refractivity contribution < 1.29 is 13.9 Å². The van der Waals surface area contributed by atoms with E-state index in [4.69, 9.17) is 4.74 Å². The number of hydrogen-bond acceptors (Lipinski definition) is 4. The summed E-state index contributed by atoms with van der Waals surface area (Å²) in [6, 6.07) is 9.33. The molecule has 5 rings (SSSR count). The number of benzene rings is 1. The zero-order valence-electron chi connectivity index (χ0n) is 15.9. The van der Waals surface area contributed by atoms with Crippen molar-refractivity contribution in [2.45, 2.75) is 31.5 Å². The molecule has 4 heterocycles. The summed E-state index contributed by atoms with van der Waals surface area (Å²) in [4.78, 5) is 18.5. The second-order valence-electron chi connectivity index (χ2n) is 8.31. The lowest BCUT2D eigenvalue weighted by Crippen LogP contribution is -2.41. The summed E-state index contributed by atoms with van der Waals surface area (Å²) in [5.74, 6) is 0.222. The molecule has 1 amide bonds. The fraction of sp³-hybridized carbons (Fsp3) is 0.455. The van der Waals surface area contributed by atoms with Crippen LogP contribution in [-0.4, -0.2) is 42.2 Å². The highest BCUT2D eigenvalue weighted by Crippen LogP contribution is 2.55. The van der Waals surface area contributed by atoms with E-state index in [-0.39, 0.29) is 29.3 Å². The largest absolute Gasteiger partial charge is 0.369 e. The molecule has 2 aromatic rings. The smallest absolute Gasteiger partial charge is 0.251 e. The standard InChI is InChI=1S/C22H24FN3O2/c1-14-2-4-15(5-3-14)21(27)25-10-16-17-12-26(19-7-9-24-11-18(19)23)13-22(17)8-6-20(16)28-22/h2-5,7,9,11,16-17,20H,6,8,10,12-13H2,1H3,(H,25,27)/t16-,17+,20+,22+/m0/s1. The average Bonchev–Trinajstić information content (AvgIpc) is 3.35. The topological polar surface area (TPSA) is 54.5 Å². The van der Waals surface area contributed by atoms with Crippen LogP contribution in [0.3, 0.4) is 0 Å². The zero-order chi connectivity index (χ0) is 19.3. The third-order valence-corrected chi connectivity index (χ3v) is 6.69. The molecular formula is C22H24FN3O2. The van der Waals surface area contributed by atoms with Gasteiger partial charge in [0.25, 0.3) is 5.91 Å². The highest BCUT2D eigenvalue weighted by atomic mass is 19.1. The predicted octanol–water partition coefficient (Wildman–Crippen LogP) is 2.94. The molecule has 0 unspecified atom stereocenters. The summed E-state index contributed by atoms with van der Waals surface area (Å²) in [5, 5.41) is 3.10. The minimum atomic E-state index is -0.294. The lowest BCUT2D eigenvalue weighted by Gasteiger charge is -2.29. The van der Waals surface area contributed by atoms with Crippen LogP contribution in [0, 0.1) is 24.6 Å². The average molecular weight is 381 g/mol. The lowest BCUT2D eigenvalue weighted by molar-refractivity contribution is 0.0141. The molecule has 1 N–H and O–H groups in total. The van der Waals surface area contributed by atoms with Gasteiger partial charge in [-0.3, -0.25) is 9.78 Å². The number of carbonyl (C=O) groups is 1. The Labute approximate surface area is 163 Å². The highest BCUT2D eigenvalue weighted by molar-refractivity contribution is 5.94. The number of fused-ring (bicyclic) bond motifs is 1. The van der Waals surface area contributed by atoms with Gasteiger partial charge < -0.3 is 15.0 Å². The van der Waals surface area contributed by atoms with Crippen LogP contribution in [0.5, 0.6) is 0 Å². The molecule has 1 spiro atoms. The Morgan fingerprint density at radius 2 is 2.18 bits per heavy atom. The van der Waals surface area contributed by atoms with Gasteiger partial charge in [-0.1, -0.05) is 17.7 Å². The third kappa shape index (κ3) is 2.78. The quantitative estimate of drug-likeness (QED) is 0.885. The summed E-state index contributed by atoms with van der Waals surface area (Å²) >= 11 is 0. The van der Waals surface area contributed by atoms with Crippen molar-refractivity contribution >= 4 is 11.6 Å². The van der Waals surface area contributed by atoms with Crippen molar-refractivity contribution in [1.82, 2.24) is 10.3 Å². The number of halogens is 1. The van der Waals surface area contributed by atoms with Gasteiger partial charge >= 0.3 is 0 Å². The van der Waals surface area contributed by atoms with Crippen LogP contribution in [0.1, 0.15) is 28.8 Å². The maximum Gasteiger partial charge on any atom is 0.251 e. The van der Waals surface area contributed by atoms with Gasteiger partial charge in [-0.15, -0.1) is 0 Å². The number of ether oxygens (including phenoxy) is 1. The molecule has 5 nitrogen and oxygen atoms in total. The van der Waals surface area contributed by atoms with E-state index < -0.39 is 0 Å². The van der Waals surface area contributed by atoms with Crippen molar-refractivity contribution in [3.05, 3.63) is 59.7 Å². The molecule has 2 bridgehead atoms. The summed E-state index contributed by atoms with van der Waals surface area (Å²) < 4.78 is 20.6. The van der Waals surface area contributed by atoms with E-state index in [1.54, 1.807) is 12.3 Å². The number of rotatable bonds is 4. The Balaban J connectivity index is 1.30. The van der Waals surface area contributed by atoms with Crippen molar-refractivity contribution in [3.63, 3.8) is 0 Å². The molecule has 28 heavy (non-hydrogen) atoms. The number of pyridine rings is 1. The Morgan fingerprint density at radius 1 is 1.36 bits per heavy atom. The number of amides is 1. The number of aromatic nitrogens is 1. The predicted molar refractivity (Wildman–Crippen MR) is 104 cm³/mol. The molecular weight excluding hydrogens is 357 g/mol. The summed E-state index contributed by atoms with van der Waals surface area (Å²) in [6.07, 6.45) is 5.09. The SMILES string of the molecule is Cc1ccc(C(=O)NC[C@H]2[C@H]3CN(c4ccncc4F)C[C@]34CC[C@H]2O4)cc1. The van der Waals surface area contributed by atoms with E-state index in [0.29, 0.717) is 30.3 Å². The van der Waals surface area contributed by atoms with E-state index in [1.807, 2.05) is 31.2 Å². The van der Waals surface area contributed by atoms with E-state index >= 15 is 0 Å². The Morgan fingerprint density at radius 3 is 2.96 bits per heavy atom. The summed E-state index contributed by atoms with van der Waals surface area (Å²) in [7, 11) is 0. The van der Waals surface area contributed by atoms with Gasteiger partial charge in [-0.2, -0.15) is 0 Å². The Hall–Kier alpha value is -2.47. The number of nitrogens with one attached hydrogen (secondary N) is 1. The van der Waals surface area contributed by atoms with Gasteiger partial charge in [0.15, 0.2) is 5.82 Å². The minimum absolute atomic E-state index is 0.0492. The van der Waals surface area contributed by atoms with E-state index in [1.165, 1.54) is 6.20 Å². The van der Waals surface area contributed by atoms with Crippen molar-refractivity contribution in [2.24, 2.45) is 11.8 Å². The van der Waals surface area contributed by atoms with Crippen molar-refractivity contribution in [1.29, 1.82) is 0 Å². The lowest BCUT2D eigenvalue weighted by atomic mass is 9.73. The van der Waals surface area contributed by atoms with Crippen LogP contribution in [-0.2, 0) is 4.74 Å². The fourth-order valence-corrected chi connectivity index (χ4v) is 5.29. The molecule has 146 valence electrons. The first kappa shape index (κ1) is 17.6. The Kier molecular flexibility index (Phi) is 4.12. The molecule has 1 aromatic heterocycles. The van der Waals surface area contributed by atoms with Crippen LogP contribution in [0.15, 0.2) is 42.7 Å². The van der Waals surface area contributed by atoms with Crippen LogP contribution in [0.25, 0.3) is 0 Å². The molecule has 3 aliphatic rings. The van der Waals surface area contributed by atoms with Gasteiger partial charge in [-0.05, 0) is 38.0 Å². The Bertz CT molecular complexity index is 903. The van der Waals surface area contributed by atoms with E-state index in [2.05, 4.69) is 15.2 Å². The molecule has 3 aliphatic heterocycles. The molecule has 6 heteroatoms. The van der Waals surface area contributed by atoms with E-state index in [9.17, 15) is 9.18 Å². The minimum Gasteiger partial charge on any atom is -0.369 e. The van der Waals surface area contributed by atoms with Gasteiger partial charge in [0.2, 0.25) is 0 Å². The number of aryl methyl sites for hydroxylation is 1. The van der Waals surface area contributed by atoms with Crippen LogP contribution in [0.4, 0.5) is 10.1 Å². The normalized spacial score (nSPS) is 30.5. The summed E-state index contributed by atoms with van der Waals surface area (Å²) in [6.45, 7) is 4.06. The number of nitrogens with zero attached hydrogens (tertiary/aromatic N) is 2. The molecule has 4 atom stereocenters. The number of anilines is 1. The third-order valence-electron chi connectivity index (χ3n) is 6.69.